The number of carbonyl (C=O) groups excluding carboxylic acids is 3. The number of hydrogen-bond acceptors (Lipinski definition) is 5. The Bertz CT molecular complexity index is 1050. The number of piperazine rings is 1. The minimum Gasteiger partial charge on any atom is -0.364 e. The number of benzene rings is 2. The maximum Gasteiger partial charge on any atom is 0.228 e. The van der Waals surface area contributed by atoms with E-state index in [-0.39, 0.29) is 23.2 Å². The van der Waals surface area contributed by atoms with Crippen molar-refractivity contribution in [1.82, 2.24) is 9.80 Å². The Labute approximate surface area is 176 Å². The van der Waals surface area contributed by atoms with Crippen molar-refractivity contribution in [1.29, 1.82) is 0 Å². The van der Waals surface area contributed by atoms with Crippen LogP contribution < -0.4 is 4.90 Å². The van der Waals surface area contributed by atoms with Crippen molar-refractivity contribution >= 4 is 23.2 Å². The van der Waals surface area contributed by atoms with Crippen molar-refractivity contribution < 1.29 is 14.4 Å². The average molecular weight is 403 g/mol. The van der Waals surface area contributed by atoms with Crippen LogP contribution in [0, 0.1) is 6.92 Å². The normalized spacial score (nSPS) is 17.2. The molecule has 0 radical (unpaired) electrons. The molecule has 1 saturated heterocycles. The second kappa shape index (κ2) is 7.88. The van der Waals surface area contributed by atoms with E-state index in [9.17, 15) is 14.4 Å². The summed E-state index contributed by atoms with van der Waals surface area (Å²) in [5.74, 6) is -0.806. The Balaban J connectivity index is 1.93. The Hall–Kier alpha value is -3.25. The van der Waals surface area contributed by atoms with Crippen molar-refractivity contribution in [2.24, 2.45) is 0 Å². The van der Waals surface area contributed by atoms with E-state index >= 15 is 0 Å². The van der Waals surface area contributed by atoms with Gasteiger partial charge in [0.25, 0.3) is 0 Å². The second-order valence-electron chi connectivity index (χ2n) is 7.88. The third-order valence-corrected chi connectivity index (χ3v) is 5.72. The van der Waals surface area contributed by atoms with Crippen LogP contribution in [0.25, 0.3) is 0 Å². The van der Waals surface area contributed by atoms with Gasteiger partial charge in [-0.2, -0.15) is 0 Å². The fourth-order valence-corrected chi connectivity index (χ4v) is 4.04. The molecule has 0 N–H and O–H groups in total. The van der Waals surface area contributed by atoms with E-state index in [0.717, 1.165) is 18.7 Å². The molecule has 30 heavy (non-hydrogen) atoms. The summed E-state index contributed by atoms with van der Waals surface area (Å²) < 4.78 is 0. The first-order valence-corrected chi connectivity index (χ1v) is 10.1. The first-order valence-electron chi connectivity index (χ1n) is 10.1. The maximum atomic E-state index is 13.6. The molecule has 4 rings (SSSR count). The van der Waals surface area contributed by atoms with Crippen molar-refractivity contribution in [3.63, 3.8) is 0 Å². The summed E-state index contributed by atoms with van der Waals surface area (Å²) in [5, 5.41) is 0. The number of anilines is 1. The summed E-state index contributed by atoms with van der Waals surface area (Å²) in [7, 11) is 2.03. The first kappa shape index (κ1) is 20.0. The van der Waals surface area contributed by atoms with Crippen LogP contribution in [0.5, 0.6) is 0 Å². The minimum atomic E-state index is -0.305. The smallest absolute Gasteiger partial charge is 0.228 e. The van der Waals surface area contributed by atoms with Crippen LogP contribution in [-0.2, 0) is 4.79 Å². The Morgan fingerprint density at radius 3 is 2.00 bits per heavy atom. The van der Waals surface area contributed by atoms with Gasteiger partial charge < -0.3 is 9.80 Å². The standard InChI is InChI=1S/C24H25N3O3/c1-16-8-10-18(11-9-16)27(17(2)28)22-21(26-14-12-25(3)13-15-26)23(29)19-6-4-5-7-20(19)24(22)30/h4-11H,12-15H2,1-3H3. The molecule has 0 spiro atoms. The number of allylic oxidation sites excluding steroid dienone is 2. The van der Waals surface area contributed by atoms with Gasteiger partial charge in [-0.05, 0) is 26.1 Å². The molecule has 2 aliphatic rings. The molecule has 0 saturated carbocycles. The van der Waals surface area contributed by atoms with E-state index in [0.29, 0.717) is 35.6 Å². The van der Waals surface area contributed by atoms with Crippen molar-refractivity contribution in [3.05, 3.63) is 76.6 Å². The SMILES string of the molecule is CC(=O)N(C1=C(N2CCN(C)CC2)C(=O)c2ccccc2C1=O)c1ccc(C)cc1. The number of fused-ring (bicyclic) bond motifs is 1. The van der Waals surface area contributed by atoms with Crippen molar-refractivity contribution in [2.45, 2.75) is 13.8 Å². The van der Waals surface area contributed by atoms with Gasteiger partial charge in [0.1, 0.15) is 11.4 Å². The molecule has 0 bridgehead atoms. The zero-order chi connectivity index (χ0) is 21.4. The van der Waals surface area contributed by atoms with Gasteiger partial charge in [0.05, 0.1) is 0 Å². The number of nitrogens with zero attached hydrogens (tertiary/aromatic N) is 3. The van der Waals surface area contributed by atoms with E-state index in [1.807, 2.05) is 43.1 Å². The summed E-state index contributed by atoms with van der Waals surface area (Å²) in [4.78, 5) is 45.5. The molecule has 1 amide bonds. The van der Waals surface area contributed by atoms with Gasteiger partial charge >= 0.3 is 0 Å². The van der Waals surface area contributed by atoms with Gasteiger partial charge in [-0.1, -0.05) is 42.0 Å². The maximum absolute atomic E-state index is 13.6. The van der Waals surface area contributed by atoms with Crippen molar-refractivity contribution in [3.8, 4) is 0 Å². The molecule has 6 nitrogen and oxygen atoms in total. The molecule has 1 aliphatic heterocycles. The molecule has 1 aliphatic carbocycles. The highest BCUT2D eigenvalue weighted by atomic mass is 16.2. The van der Waals surface area contributed by atoms with Gasteiger partial charge in [-0.25, -0.2) is 0 Å². The number of Topliss-reactive ketones (excluding diaryl/α,β-unsaturated/α-hetero) is 2. The molecular formula is C24H25N3O3. The highest BCUT2D eigenvalue weighted by Gasteiger charge is 2.39. The van der Waals surface area contributed by atoms with Gasteiger partial charge in [0.2, 0.25) is 17.5 Å². The van der Waals surface area contributed by atoms with E-state index in [1.165, 1.54) is 11.8 Å². The van der Waals surface area contributed by atoms with Gasteiger partial charge in [0, 0.05) is 49.9 Å². The zero-order valence-corrected chi connectivity index (χ0v) is 17.5. The number of ketones is 2. The molecule has 0 aromatic heterocycles. The predicted octanol–water partition coefficient (Wildman–Crippen LogP) is 2.89. The quantitative estimate of drug-likeness (QED) is 0.789. The Morgan fingerprint density at radius 2 is 1.43 bits per heavy atom. The third kappa shape index (κ3) is 3.44. The second-order valence-corrected chi connectivity index (χ2v) is 7.88. The van der Waals surface area contributed by atoms with E-state index in [1.54, 1.807) is 24.3 Å². The largest absolute Gasteiger partial charge is 0.364 e. The van der Waals surface area contributed by atoms with Crippen LogP contribution in [0.3, 0.4) is 0 Å². The molecule has 2 aromatic carbocycles. The summed E-state index contributed by atoms with van der Waals surface area (Å²) in [6, 6.07) is 14.3. The van der Waals surface area contributed by atoms with Crippen LogP contribution in [0.4, 0.5) is 5.69 Å². The van der Waals surface area contributed by atoms with Crippen molar-refractivity contribution in [2.75, 3.05) is 38.1 Å². The van der Waals surface area contributed by atoms with Crippen LogP contribution in [-0.4, -0.2) is 60.5 Å². The molecule has 2 aromatic rings. The van der Waals surface area contributed by atoms with E-state index < -0.39 is 0 Å². The fourth-order valence-electron chi connectivity index (χ4n) is 4.04. The minimum absolute atomic E-state index is 0.152. The lowest BCUT2D eigenvalue weighted by Gasteiger charge is -2.39. The highest BCUT2D eigenvalue weighted by Crippen LogP contribution is 2.33. The number of amides is 1. The lowest BCUT2D eigenvalue weighted by Crippen LogP contribution is -2.49. The van der Waals surface area contributed by atoms with Crippen LogP contribution in [0.2, 0.25) is 0 Å². The lowest BCUT2D eigenvalue weighted by molar-refractivity contribution is -0.116. The number of hydrogen-bond donors (Lipinski definition) is 0. The van der Waals surface area contributed by atoms with Crippen LogP contribution in [0.15, 0.2) is 59.9 Å². The summed E-state index contributed by atoms with van der Waals surface area (Å²) in [6.45, 7) is 6.19. The molecule has 1 fully saturated rings. The fraction of sp³-hybridized carbons (Fsp3) is 0.292. The summed E-state index contributed by atoms with van der Waals surface area (Å²) in [6.07, 6.45) is 0. The molecule has 6 heteroatoms. The summed E-state index contributed by atoms with van der Waals surface area (Å²) >= 11 is 0. The zero-order valence-electron chi connectivity index (χ0n) is 17.5. The topological polar surface area (TPSA) is 60.9 Å². The molecule has 0 atom stereocenters. The van der Waals surface area contributed by atoms with E-state index in [4.69, 9.17) is 0 Å². The monoisotopic (exact) mass is 403 g/mol. The molecule has 154 valence electrons. The average Bonchev–Trinajstić information content (AvgIpc) is 2.74. The molecule has 0 unspecified atom stereocenters. The summed E-state index contributed by atoms with van der Waals surface area (Å²) in [5.41, 5.74) is 2.84. The Kier molecular flexibility index (Phi) is 5.26. The third-order valence-electron chi connectivity index (χ3n) is 5.72. The van der Waals surface area contributed by atoms with Gasteiger partial charge in [0.15, 0.2) is 0 Å². The number of rotatable bonds is 3. The van der Waals surface area contributed by atoms with E-state index in [2.05, 4.69) is 4.90 Å². The molecular weight excluding hydrogens is 378 g/mol. The lowest BCUT2D eigenvalue weighted by atomic mass is 9.88. The van der Waals surface area contributed by atoms with Gasteiger partial charge in [-0.15, -0.1) is 0 Å². The molecule has 1 heterocycles. The highest BCUT2D eigenvalue weighted by molar-refractivity contribution is 6.29. The van der Waals surface area contributed by atoms with Crippen LogP contribution in [0.1, 0.15) is 33.2 Å². The number of likely N-dealkylation sites (N-methyl/N-ethyl adjacent to an activating group) is 1. The van der Waals surface area contributed by atoms with Crippen LogP contribution >= 0.6 is 0 Å². The predicted molar refractivity (Wildman–Crippen MR) is 116 cm³/mol. The van der Waals surface area contributed by atoms with Gasteiger partial charge in [-0.3, -0.25) is 19.3 Å². The first-order chi connectivity index (χ1) is 14.4. The number of carbonyl (C=O) groups is 3. The Morgan fingerprint density at radius 1 is 0.867 bits per heavy atom. The number of aryl methyl sites for hydroxylation is 1.